The molecule has 0 aliphatic carbocycles. The molecule has 0 fully saturated rings. The molecule has 0 atom stereocenters. The zero-order valence-corrected chi connectivity index (χ0v) is 9.44. The normalized spacial score (nSPS) is 10.8. The van der Waals surface area contributed by atoms with E-state index in [-0.39, 0.29) is 0 Å². The number of hydrogen-bond acceptors (Lipinski definition) is 4. The van der Waals surface area contributed by atoms with Gasteiger partial charge in [-0.2, -0.15) is 4.52 Å². The maximum Gasteiger partial charge on any atom is 0.216 e. The van der Waals surface area contributed by atoms with Gasteiger partial charge in [-0.15, -0.1) is 16.4 Å². The van der Waals surface area contributed by atoms with E-state index in [2.05, 4.69) is 10.1 Å². The van der Waals surface area contributed by atoms with E-state index in [4.69, 9.17) is 4.74 Å². The minimum Gasteiger partial charge on any atom is -0.481 e. The summed E-state index contributed by atoms with van der Waals surface area (Å²) in [7, 11) is 1.63. The maximum absolute atomic E-state index is 5.22. The van der Waals surface area contributed by atoms with Crippen molar-refractivity contribution in [1.29, 1.82) is 0 Å². The third-order valence-electron chi connectivity index (χ3n) is 2.28. The molecule has 0 amide bonds. The quantitative estimate of drug-likeness (QED) is 0.680. The lowest BCUT2D eigenvalue weighted by Crippen LogP contribution is -1.94. The molecule has 0 N–H and O–H groups in total. The second-order valence-electron chi connectivity index (χ2n) is 3.25. The fourth-order valence-electron chi connectivity index (χ4n) is 1.55. The fourth-order valence-corrected chi connectivity index (χ4v) is 2.20. The highest BCUT2D eigenvalue weighted by Gasteiger charge is 2.09. The Balaban J connectivity index is 2.23. The molecule has 3 aromatic heterocycles. The van der Waals surface area contributed by atoms with Gasteiger partial charge in [-0.05, 0) is 17.5 Å². The van der Waals surface area contributed by atoms with Crippen molar-refractivity contribution in [2.75, 3.05) is 7.11 Å². The summed E-state index contributed by atoms with van der Waals surface area (Å²) in [6.07, 6.45) is 0. The van der Waals surface area contributed by atoms with E-state index < -0.39 is 0 Å². The van der Waals surface area contributed by atoms with Gasteiger partial charge < -0.3 is 4.74 Å². The smallest absolute Gasteiger partial charge is 0.216 e. The van der Waals surface area contributed by atoms with Gasteiger partial charge in [0.1, 0.15) is 0 Å². The van der Waals surface area contributed by atoms with Crippen LogP contribution < -0.4 is 4.74 Å². The molecule has 0 radical (unpaired) electrons. The van der Waals surface area contributed by atoms with Crippen LogP contribution >= 0.6 is 11.3 Å². The van der Waals surface area contributed by atoms with Crippen LogP contribution in [-0.4, -0.2) is 21.7 Å². The molecule has 5 heteroatoms. The lowest BCUT2D eigenvalue weighted by Gasteiger charge is -1.99. The van der Waals surface area contributed by atoms with Crippen molar-refractivity contribution in [2.45, 2.75) is 0 Å². The first-order valence-corrected chi connectivity index (χ1v) is 5.70. The molecule has 3 rings (SSSR count). The number of ether oxygens (including phenoxy) is 1. The molecule has 0 aromatic carbocycles. The Morgan fingerprint density at radius 2 is 2.19 bits per heavy atom. The molecule has 0 unspecified atom stereocenters. The molecule has 0 aliphatic heterocycles. The second kappa shape index (κ2) is 3.61. The minimum atomic E-state index is 0.688. The predicted octanol–water partition coefficient (Wildman–Crippen LogP) is 2.47. The summed E-state index contributed by atoms with van der Waals surface area (Å²) >= 11 is 1.63. The molecule has 3 aromatic rings. The van der Waals surface area contributed by atoms with Gasteiger partial charge in [0, 0.05) is 6.07 Å². The van der Waals surface area contributed by atoms with Crippen LogP contribution in [0.5, 0.6) is 5.88 Å². The zero-order valence-electron chi connectivity index (χ0n) is 8.62. The highest BCUT2D eigenvalue weighted by molar-refractivity contribution is 7.13. The first-order valence-electron chi connectivity index (χ1n) is 4.82. The number of nitrogens with zero attached hydrogens (tertiary/aromatic N) is 3. The van der Waals surface area contributed by atoms with Crippen molar-refractivity contribution >= 4 is 17.0 Å². The second-order valence-corrected chi connectivity index (χ2v) is 4.20. The van der Waals surface area contributed by atoms with Crippen LogP contribution in [0.4, 0.5) is 0 Å². The van der Waals surface area contributed by atoms with E-state index in [0.29, 0.717) is 5.88 Å². The van der Waals surface area contributed by atoms with E-state index >= 15 is 0 Å². The Morgan fingerprint density at radius 1 is 1.25 bits per heavy atom. The van der Waals surface area contributed by atoms with Crippen molar-refractivity contribution in [2.24, 2.45) is 0 Å². The van der Waals surface area contributed by atoms with Crippen molar-refractivity contribution in [3.8, 4) is 16.6 Å². The van der Waals surface area contributed by atoms with Crippen LogP contribution in [-0.2, 0) is 0 Å². The number of pyridine rings is 1. The van der Waals surface area contributed by atoms with E-state index in [1.165, 1.54) is 0 Å². The van der Waals surface area contributed by atoms with Gasteiger partial charge in [0.2, 0.25) is 5.88 Å². The summed E-state index contributed by atoms with van der Waals surface area (Å²) in [4.78, 5) is 5.51. The molecule has 16 heavy (non-hydrogen) atoms. The summed E-state index contributed by atoms with van der Waals surface area (Å²) in [5.41, 5.74) is 0.794. The van der Waals surface area contributed by atoms with E-state index in [1.807, 2.05) is 35.7 Å². The van der Waals surface area contributed by atoms with Gasteiger partial charge in [0.25, 0.3) is 0 Å². The summed E-state index contributed by atoms with van der Waals surface area (Å²) in [5.74, 6) is 1.42. The third kappa shape index (κ3) is 1.37. The third-order valence-corrected chi connectivity index (χ3v) is 3.14. The molecule has 0 spiro atoms. The molecule has 80 valence electrons. The number of fused-ring (bicyclic) bond motifs is 1. The van der Waals surface area contributed by atoms with Gasteiger partial charge in [0.15, 0.2) is 11.5 Å². The Morgan fingerprint density at radius 3 is 2.94 bits per heavy atom. The first kappa shape index (κ1) is 9.35. The van der Waals surface area contributed by atoms with Crippen molar-refractivity contribution in [1.82, 2.24) is 14.6 Å². The van der Waals surface area contributed by atoms with Gasteiger partial charge in [-0.3, -0.25) is 0 Å². The maximum atomic E-state index is 5.22. The molecular formula is C11H9N3OS. The number of methoxy groups -OCH3 is 1. The molecule has 4 nitrogen and oxygen atoms in total. The van der Waals surface area contributed by atoms with Crippen molar-refractivity contribution in [3.63, 3.8) is 0 Å². The van der Waals surface area contributed by atoms with Crippen LogP contribution in [0.25, 0.3) is 16.3 Å². The van der Waals surface area contributed by atoms with Crippen LogP contribution in [0, 0.1) is 0 Å². The average molecular weight is 231 g/mol. The monoisotopic (exact) mass is 231 g/mol. The van der Waals surface area contributed by atoms with Crippen molar-refractivity contribution in [3.05, 3.63) is 35.7 Å². The molecule has 0 bridgehead atoms. The minimum absolute atomic E-state index is 0.688. The van der Waals surface area contributed by atoms with Gasteiger partial charge in [0.05, 0.1) is 12.0 Å². The van der Waals surface area contributed by atoms with Crippen LogP contribution in [0.1, 0.15) is 0 Å². The number of aromatic nitrogens is 3. The summed E-state index contributed by atoms with van der Waals surface area (Å²) in [6, 6.07) is 9.67. The van der Waals surface area contributed by atoms with Crippen molar-refractivity contribution < 1.29 is 4.74 Å². The van der Waals surface area contributed by atoms with Gasteiger partial charge >= 0.3 is 0 Å². The largest absolute Gasteiger partial charge is 0.481 e. The molecule has 3 heterocycles. The van der Waals surface area contributed by atoms with Gasteiger partial charge in [-0.1, -0.05) is 12.1 Å². The van der Waals surface area contributed by atoms with Gasteiger partial charge in [-0.25, -0.2) is 4.98 Å². The predicted molar refractivity (Wildman–Crippen MR) is 62.9 cm³/mol. The van der Waals surface area contributed by atoms with Crippen LogP contribution in [0.15, 0.2) is 35.7 Å². The highest BCUT2D eigenvalue weighted by Crippen LogP contribution is 2.23. The lowest BCUT2D eigenvalue weighted by molar-refractivity contribution is 0.386. The average Bonchev–Trinajstić information content (AvgIpc) is 2.96. The van der Waals surface area contributed by atoms with E-state index in [0.717, 1.165) is 16.3 Å². The number of hydrogen-bond donors (Lipinski definition) is 0. The Labute approximate surface area is 96.1 Å². The summed E-state index contributed by atoms with van der Waals surface area (Å²) < 4.78 is 6.93. The Hall–Kier alpha value is -1.88. The summed E-state index contributed by atoms with van der Waals surface area (Å²) in [6.45, 7) is 0. The van der Waals surface area contributed by atoms with Crippen LogP contribution in [0.3, 0.4) is 0 Å². The number of thiophene rings is 1. The lowest BCUT2D eigenvalue weighted by atomic mass is 10.4. The highest BCUT2D eigenvalue weighted by atomic mass is 32.1. The standard InChI is InChI=1S/C11H9N3OS/c1-15-10-6-2-5-9-12-11(13-14(9)10)8-4-3-7-16-8/h2-7H,1H3. The Kier molecular flexibility index (Phi) is 2.11. The fraction of sp³-hybridized carbons (Fsp3) is 0.0909. The molecule has 0 saturated carbocycles. The molecule has 0 saturated heterocycles. The van der Waals surface area contributed by atoms with E-state index in [1.54, 1.807) is 23.0 Å². The zero-order chi connectivity index (χ0) is 11.0. The molecule has 0 aliphatic rings. The Bertz CT molecular complexity index is 615. The summed E-state index contributed by atoms with van der Waals surface area (Å²) in [5, 5.41) is 6.43. The molecular weight excluding hydrogens is 222 g/mol. The topological polar surface area (TPSA) is 39.4 Å². The SMILES string of the molecule is COc1cccc2nc(-c3cccs3)nn12. The van der Waals surface area contributed by atoms with E-state index in [9.17, 15) is 0 Å². The first-order chi connectivity index (χ1) is 7.88. The number of rotatable bonds is 2. The van der Waals surface area contributed by atoms with Crippen LogP contribution in [0.2, 0.25) is 0 Å².